The molecule has 0 amide bonds. The normalized spacial score (nSPS) is 10.8. The minimum absolute atomic E-state index is 0.207. The number of ether oxygens (including phenoxy) is 1. The van der Waals surface area contributed by atoms with Gasteiger partial charge in [-0.05, 0) is 17.7 Å². The van der Waals surface area contributed by atoms with E-state index in [-0.39, 0.29) is 23.8 Å². The van der Waals surface area contributed by atoms with Gasteiger partial charge in [-0.25, -0.2) is 9.37 Å². The van der Waals surface area contributed by atoms with E-state index in [9.17, 15) is 4.39 Å². The smallest absolute Gasteiger partial charge is 0.165 e. The van der Waals surface area contributed by atoms with Crippen molar-refractivity contribution >= 4 is 11.5 Å². The van der Waals surface area contributed by atoms with Crippen molar-refractivity contribution in [1.29, 1.82) is 5.26 Å². The maximum atomic E-state index is 13.1. The van der Waals surface area contributed by atoms with Crippen LogP contribution in [0.5, 0.6) is 0 Å². The average Bonchev–Trinajstić information content (AvgIpc) is 2.88. The van der Waals surface area contributed by atoms with Crippen LogP contribution in [0.1, 0.15) is 11.3 Å². The Morgan fingerprint density at radius 1 is 1.36 bits per heavy atom. The molecule has 0 atom stereocenters. The average molecular weight is 297 g/mol. The predicted octanol–water partition coefficient (Wildman–Crippen LogP) is 2.14. The molecule has 0 radical (unpaired) electrons. The largest absolute Gasteiger partial charge is 0.382 e. The van der Waals surface area contributed by atoms with E-state index < -0.39 is 0 Å². The number of benzene rings is 1. The predicted molar refractivity (Wildman–Crippen MR) is 78.2 cm³/mol. The van der Waals surface area contributed by atoms with Gasteiger partial charge < -0.3 is 10.5 Å². The Labute approximate surface area is 125 Å². The van der Waals surface area contributed by atoms with E-state index >= 15 is 0 Å². The summed E-state index contributed by atoms with van der Waals surface area (Å²) in [4.78, 5) is 4.26. The lowest BCUT2D eigenvalue weighted by atomic mass is 10.1. The second-order valence-corrected chi connectivity index (χ2v) is 4.67. The summed E-state index contributed by atoms with van der Waals surface area (Å²) in [6.45, 7) is 0.247. The van der Waals surface area contributed by atoms with Crippen LogP contribution >= 0.6 is 0 Å². The summed E-state index contributed by atoms with van der Waals surface area (Å²) in [5, 5.41) is 13.4. The number of anilines is 1. The number of aromatic nitrogens is 3. The number of nitrogens with two attached hydrogens (primary N) is 1. The highest BCUT2D eigenvalue weighted by Gasteiger charge is 2.18. The fourth-order valence-electron chi connectivity index (χ4n) is 2.28. The molecular formula is C15H12FN5O. The van der Waals surface area contributed by atoms with Crippen LogP contribution < -0.4 is 5.73 Å². The SMILES string of the molecule is COCc1nn2c(N)c(C#N)cnc2c1-c1ccc(F)cc1. The van der Waals surface area contributed by atoms with Gasteiger partial charge in [-0.2, -0.15) is 14.9 Å². The van der Waals surface area contributed by atoms with Gasteiger partial charge in [0.1, 0.15) is 23.3 Å². The Bertz CT molecular complexity index is 880. The van der Waals surface area contributed by atoms with Crippen LogP contribution in [0.25, 0.3) is 16.8 Å². The summed E-state index contributed by atoms with van der Waals surface area (Å²) < 4.78 is 19.7. The Hall–Kier alpha value is -2.98. The maximum Gasteiger partial charge on any atom is 0.165 e. The highest BCUT2D eigenvalue weighted by Crippen LogP contribution is 2.29. The van der Waals surface area contributed by atoms with Crippen LogP contribution in [-0.2, 0) is 11.3 Å². The summed E-state index contributed by atoms with van der Waals surface area (Å²) >= 11 is 0. The van der Waals surface area contributed by atoms with E-state index in [1.165, 1.54) is 22.8 Å². The van der Waals surface area contributed by atoms with Gasteiger partial charge in [0.25, 0.3) is 0 Å². The highest BCUT2D eigenvalue weighted by molar-refractivity contribution is 5.81. The fraction of sp³-hybridized carbons (Fsp3) is 0.133. The number of hydrogen-bond donors (Lipinski definition) is 1. The van der Waals surface area contributed by atoms with E-state index in [2.05, 4.69) is 10.1 Å². The third kappa shape index (κ3) is 2.16. The molecule has 0 aliphatic carbocycles. The Kier molecular flexibility index (Phi) is 3.45. The molecule has 2 N–H and O–H groups in total. The lowest BCUT2D eigenvalue weighted by Crippen LogP contribution is -2.03. The molecule has 0 fully saturated rings. The molecule has 7 heteroatoms. The Morgan fingerprint density at radius 3 is 2.73 bits per heavy atom. The first-order valence-corrected chi connectivity index (χ1v) is 6.46. The second-order valence-electron chi connectivity index (χ2n) is 4.67. The van der Waals surface area contributed by atoms with Crippen molar-refractivity contribution in [1.82, 2.24) is 14.6 Å². The zero-order chi connectivity index (χ0) is 15.7. The molecule has 2 aromatic heterocycles. The molecule has 0 spiro atoms. The van der Waals surface area contributed by atoms with Crippen LogP contribution in [0.15, 0.2) is 30.5 Å². The van der Waals surface area contributed by atoms with Crippen molar-refractivity contribution in [3.05, 3.63) is 47.5 Å². The first kappa shape index (κ1) is 14.0. The van der Waals surface area contributed by atoms with Crippen LogP contribution in [0.3, 0.4) is 0 Å². The number of hydrogen-bond acceptors (Lipinski definition) is 5. The van der Waals surface area contributed by atoms with Gasteiger partial charge in [0.05, 0.1) is 24.1 Å². The monoisotopic (exact) mass is 297 g/mol. The number of nitrogen functional groups attached to an aromatic ring is 1. The molecule has 0 saturated heterocycles. The topological polar surface area (TPSA) is 89.2 Å². The van der Waals surface area contributed by atoms with Crippen molar-refractivity contribution in [3.8, 4) is 17.2 Å². The fourth-order valence-corrected chi connectivity index (χ4v) is 2.28. The van der Waals surface area contributed by atoms with Gasteiger partial charge >= 0.3 is 0 Å². The standard InChI is InChI=1S/C15H12FN5O/c1-22-8-12-13(9-2-4-11(16)5-3-9)15-19-7-10(6-17)14(18)21(15)20-12/h2-5,7H,8,18H2,1H3. The molecule has 0 aliphatic heterocycles. The molecule has 0 aliphatic rings. The molecule has 0 saturated carbocycles. The molecule has 22 heavy (non-hydrogen) atoms. The van der Waals surface area contributed by atoms with E-state index in [1.54, 1.807) is 19.2 Å². The minimum Gasteiger partial charge on any atom is -0.382 e. The zero-order valence-electron chi connectivity index (χ0n) is 11.7. The summed E-state index contributed by atoms with van der Waals surface area (Å²) in [6, 6.07) is 7.97. The van der Waals surface area contributed by atoms with Gasteiger partial charge in [-0.15, -0.1) is 0 Å². The van der Waals surface area contributed by atoms with Gasteiger partial charge in [-0.1, -0.05) is 12.1 Å². The first-order valence-electron chi connectivity index (χ1n) is 6.46. The van der Waals surface area contributed by atoms with E-state index in [4.69, 9.17) is 15.7 Å². The molecule has 110 valence electrons. The summed E-state index contributed by atoms with van der Waals surface area (Å²) in [6.07, 6.45) is 1.40. The molecule has 3 rings (SSSR count). The van der Waals surface area contributed by atoms with Gasteiger partial charge in [0.2, 0.25) is 0 Å². The summed E-state index contributed by atoms with van der Waals surface area (Å²) in [5.41, 5.74) is 8.75. The van der Waals surface area contributed by atoms with Crippen molar-refractivity contribution in [2.24, 2.45) is 0 Å². The molecular weight excluding hydrogens is 285 g/mol. The first-order chi connectivity index (χ1) is 10.7. The molecule has 1 aromatic carbocycles. The molecule has 6 nitrogen and oxygen atoms in total. The lowest BCUT2D eigenvalue weighted by molar-refractivity contribution is 0.181. The van der Waals surface area contributed by atoms with Crippen LogP contribution in [0.4, 0.5) is 10.2 Å². The summed E-state index contributed by atoms with van der Waals surface area (Å²) in [7, 11) is 1.55. The summed E-state index contributed by atoms with van der Waals surface area (Å²) in [5.74, 6) is -0.119. The zero-order valence-corrected chi connectivity index (χ0v) is 11.7. The Balaban J connectivity index is 2.31. The highest BCUT2D eigenvalue weighted by atomic mass is 19.1. The van der Waals surface area contributed by atoms with Crippen molar-refractivity contribution < 1.29 is 9.13 Å². The van der Waals surface area contributed by atoms with Crippen molar-refractivity contribution in [3.63, 3.8) is 0 Å². The Morgan fingerprint density at radius 2 is 2.09 bits per heavy atom. The number of rotatable bonds is 3. The van der Waals surface area contributed by atoms with Gasteiger partial charge in [0, 0.05) is 7.11 Å². The van der Waals surface area contributed by atoms with Crippen LogP contribution in [-0.4, -0.2) is 21.7 Å². The third-order valence-corrected chi connectivity index (χ3v) is 3.29. The molecule has 2 heterocycles. The van der Waals surface area contributed by atoms with Crippen LogP contribution in [0, 0.1) is 17.1 Å². The molecule has 3 aromatic rings. The lowest BCUT2D eigenvalue weighted by Gasteiger charge is -2.03. The number of nitriles is 1. The number of halogens is 1. The number of fused-ring (bicyclic) bond motifs is 1. The number of nitrogens with zero attached hydrogens (tertiary/aromatic N) is 4. The van der Waals surface area contributed by atoms with Crippen LogP contribution in [0.2, 0.25) is 0 Å². The van der Waals surface area contributed by atoms with Gasteiger partial charge in [0.15, 0.2) is 5.65 Å². The van der Waals surface area contributed by atoms with E-state index in [1.807, 2.05) is 6.07 Å². The third-order valence-electron chi connectivity index (χ3n) is 3.29. The number of methoxy groups -OCH3 is 1. The van der Waals surface area contributed by atoms with Gasteiger partial charge in [-0.3, -0.25) is 0 Å². The molecule has 0 bridgehead atoms. The van der Waals surface area contributed by atoms with Crippen molar-refractivity contribution in [2.45, 2.75) is 6.61 Å². The maximum absolute atomic E-state index is 13.1. The molecule has 0 unspecified atom stereocenters. The second kappa shape index (κ2) is 5.42. The quantitative estimate of drug-likeness (QED) is 0.800. The van der Waals surface area contributed by atoms with E-state index in [0.29, 0.717) is 16.9 Å². The minimum atomic E-state index is -0.326. The van der Waals surface area contributed by atoms with E-state index in [0.717, 1.165) is 5.56 Å². The van der Waals surface area contributed by atoms with Crippen molar-refractivity contribution in [2.75, 3.05) is 12.8 Å².